The van der Waals surface area contributed by atoms with E-state index in [0.717, 1.165) is 5.69 Å². The molecule has 0 bridgehead atoms. The Kier molecular flexibility index (Phi) is 1.55. The number of rotatable bonds is 1. The van der Waals surface area contributed by atoms with E-state index in [2.05, 4.69) is 16.1 Å². The van der Waals surface area contributed by atoms with Crippen molar-refractivity contribution < 1.29 is 0 Å². The third-order valence-corrected chi connectivity index (χ3v) is 1.24. The molecule has 0 saturated carbocycles. The van der Waals surface area contributed by atoms with Crippen molar-refractivity contribution in [1.29, 1.82) is 0 Å². The molecule has 2 nitrogen and oxygen atoms in total. The van der Waals surface area contributed by atoms with Gasteiger partial charge in [0.1, 0.15) is 0 Å². The molecule has 0 amide bonds. The van der Waals surface area contributed by atoms with Gasteiger partial charge in [-0.2, -0.15) is 5.10 Å². The normalized spacial score (nSPS) is 12.4. The Morgan fingerprint density at radius 1 is 1.89 bits per heavy atom. The van der Waals surface area contributed by atoms with E-state index in [4.69, 9.17) is 6.42 Å². The van der Waals surface area contributed by atoms with Crippen LogP contribution in [0.1, 0.15) is 18.5 Å². The van der Waals surface area contributed by atoms with Crippen LogP contribution in [0, 0.1) is 12.3 Å². The van der Waals surface area contributed by atoms with Crippen molar-refractivity contribution in [3.05, 3.63) is 18.0 Å². The highest BCUT2D eigenvalue weighted by Gasteiger charge is 1.99. The number of terminal acetylenes is 1. The minimum Gasteiger partial charge on any atom is -0.281 e. The van der Waals surface area contributed by atoms with Crippen LogP contribution in [0.3, 0.4) is 0 Å². The summed E-state index contributed by atoms with van der Waals surface area (Å²) >= 11 is 0. The predicted octanol–water partition coefficient (Wildman–Crippen LogP) is 1.15. The number of nitrogens with zero attached hydrogens (tertiary/aromatic N) is 1. The molecule has 1 atom stereocenters. The highest BCUT2D eigenvalue weighted by atomic mass is 15.1. The predicted molar refractivity (Wildman–Crippen MR) is 35.8 cm³/mol. The zero-order chi connectivity index (χ0) is 6.69. The van der Waals surface area contributed by atoms with Crippen LogP contribution in [0.5, 0.6) is 0 Å². The van der Waals surface area contributed by atoms with Crippen molar-refractivity contribution in [2.75, 3.05) is 0 Å². The van der Waals surface area contributed by atoms with Crippen molar-refractivity contribution >= 4 is 0 Å². The molecule has 0 aliphatic carbocycles. The second-order valence-corrected chi connectivity index (χ2v) is 1.90. The Balaban J connectivity index is 2.80. The lowest BCUT2D eigenvalue weighted by molar-refractivity contribution is 0.907. The molecule has 0 aromatic carbocycles. The first kappa shape index (κ1) is 5.90. The second kappa shape index (κ2) is 2.36. The Bertz CT molecular complexity index is 205. The van der Waals surface area contributed by atoms with Crippen molar-refractivity contribution in [2.24, 2.45) is 0 Å². The van der Waals surface area contributed by atoms with Crippen LogP contribution in [-0.2, 0) is 0 Å². The SMILES string of the molecule is C#C[C@@H](C)c1ccn[nH]1. The number of hydrogen-bond acceptors (Lipinski definition) is 1. The number of aromatic nitrogens is 2. The molecular weight excluding hydrogens is 112 g/mol. The third-order valence-electron chi connectivity index (χ3n) is 1.24. The fourth-order valence-corrected chi connectivity index (χ4v) is 0.598. The summed E-state index contributed by atoms with van der Waals surface area (Å²) in [6.45, 7) is 1.95. The second-order valence-electron chi connectivity index (χ2n) is 1.90. The first-order chi connectivity index (χ1) is 4.34. The average Bonchev–Trinajstić information content (AvgIpc) is 2.37. The molecule has 0 aliphatic rings. The van der Waals surface area contributed by atoms with E-state index in [0.29, 0.717) is 0 Å². The number of nitrogens with one attached hydrogen (secondary N) is 1. The zero-order valence-electron chi connectivity index (χ0n) is 5.26. The maximum absolute atomic E-state index is 5.17. The summed E-state index contributed by atoms with van der Waals surface area (Å²) < 4.78 is 0. The lowest BCUT2D eigenvalue weighted by atomic mass is 10.1. The molecular formula is C7H8N2. The molecule has 1 aromatic rings. The Hall–Kier alpha value is -1.23. The summed E-state index contributed by atoms with van der Waals surface area (Å²) in [5, 5.41) is 6.57. The maximum Gasteiger partial charge on any atom is 0.0588 e. The Morgan fingerprint density at radius 2 is 2.67 bits per heavy atom. The fourth-order valence-electron chi connectivity index (χ4n) is 0.598. The topological polar surface area (TPSA) is 28.7 Å². The van der Waals surface area contributed by atoms with Gasteiger partial charge < -0.3 is 0 Å². The van der Waals surface area contributed by atoms with Crippen molar-refractivity contribution in [3.8, 4) is 12.3 Å². The molecule has 2 heteroatoms. The lowest BCUT2D eigenvalue weighted by Crippen LogP contribution is -1.88. The largest absolute Gasteiger partial charge is 0.281 e. The van der Waals surface area contributed by atoms with Gasteiger partial charge in [0.2, 0.25) is 0 Å². The van der Waals surface area contributed by atoms with Crippen molar-refractivity contribution in [2.45, 2.75) is 12.8 Å². The molecule has 0 unspecified atom stereocenters. The van der Waals surface area contributed by atoms with Gasteiger partial charge in [-0.1, -0.05) is 5.92 Å². The van der Waals surface area contributed by atoms with Crippen LogP contribution in [0.4, 0.5) is 0 Å². The van der Waals surface area contributed by atoms with Gasteiger partial charge in [-0.3, -0.25) is 5.10 Å². The summed E-state index contributed by atoms with van der Waals surface area (Å²) in [5.74, 6) is 2.74. The average molecular weight is 120 g/mol. The quantitative estimate of drug-likeness (QED) is 0.553. The summed E-state index contributed by atoms with van der Waals surface area (Å²) in [6, 6.07) is 1.88. The summed E-state index contributed by atoms with van der Waals surface area (Å²) in [4.78, 5) is 0. The van der Waals surface area contributed by atoms with Crippen LogP contribution in [0.15, 0.2) is 12.3 Å². The van der Waals surface area contributed by atoms with Crippen molar-refractivity contribution in [1.82, 2.24) is 10.2 Å². The minimum atomic E-state index is 0.146. The van der Waals surface area contributed by atoms with Gasteiger partial charge in [-0.25, -0.2) is 0 Å². The molecule has 1 aromatic heterocycles. The maximum atomic E-state index is 5.17. The smallest absolute Gasteiger partial charge is 0.0588 e. The number of H-pyrrole nitrogens is 1. The molecule has 0 radical (unpaired) electrons. The highest BCUT2D eigenvalue weighted by molar-refractivity contribution is 5.15. The van der Waals surface area contributed by atoms with E-state index in [9.17, 15) is 0 Å². The van der Waals surface area contributed by atoms with Crippen molar-refractivity contribution in [3.63, 3.8) is 0 Å². The zero-order valence-corrected chi connectivity index (χ0v) is 5.26. The molecule has 0 saturated heterocycles. The Morgan fingerprint density at radius 3 is 3.11 bits per heavy atom. The molecule has 1 heterocycles. The number of aromatic amines is 1. The van der Waals surface area contributed by atoms with Crippen LogP contribution < -0.4 is 0 Å². The van der Waals surface area contributed by atoms with Gasteiger partial charge >= 0.3 is 0 Å². The summed E-state index contributed by atoms with van der Waals surface area (Å²) in [5.41, 5.74) is 0.998. The first-order valence-corrected chi connectivity index (χ1v) is 2.80. The van der Waals surface area contributed by atoms with Gasteiger partial charge in [-0.05, 0) is 13.0 Å². The molecule has 46 valence electrons. The molecule has 1 rings (SSSR count). The van der Waals surface area contributed by atoms with Gasteiger partial charge in [0, 0.05) is 11.9 Å². The highest BCUT2D eigenvalue weighted by Crippen LogP contribution is 2.07. The van der Waals surface area contributed by atoms with E-state index in [1.165, 1.54) is 0 Å². The van der Waals surface area contributed by atoms with Crippen LogP contribution in [-0.4, -0.2) is 10.2 Å². The third kappa shape index (κ3) is 1.11. The molecule has 0 fully saturated rings. The molecule has 9 heavy (non-hydrogen) atoms. The van der Waals surface area contributed by atoms with Gasteiger partial charge in [0.15, 0.2) is 0 Å². The monoisotopic (exact) mass is 120 g/mol. The van der Waals surface area contributed by atoms with Crippen LogP contribution in [0.25, 0.3) is 0 Å². The van der Waals surface area contributed by atoms with Gasteiger partial charge in [-0.15, -0.1) is 6.42 Å². The Labute approximate surface area is 54.3 Å². The fraction of sp³-hybridized carbons (Fsp3) is 0.286. The minimum absolute atomic E-state index is 0.146. The van der Waals surface area contributed by atoms with E-state index in [1.54, 1.807) is 6.20 Å². The van der Waals surface area contributed by atoms with Crippen LogP contribution >= 0.6 is 0 Å². The number of hydrogen-bond donors (Lipinski definition) is 1. The molecule has 0 aliphatic heterocycles. The van der Waals surface area contributed by atoms with E-state index in [-0.39, 0.29) is 5.92 Å². The first-order valence-electron chi connectivity index (χ1n) is 2.80. The van der Waals surface area contributed by atoms with Gasteiger partial charge in [0.25, 0.3) is 0 Å². The summed E-state index contributed by atoms with van der Waals surface area (Å²) in [7, 11) is 0. The lowest BCUT2D eigenvalue weighted by Gasteiger charge is -1.95. The molecule has 0 spiro atoms. The van der Waals surface area contributed by atoms with E-state index in [1.807, 2.05) is 13.0 Å². The van der Waals surface area contributed by atoms with Crippen LogP contribution in [0.2, 0.25) is 0 Å². The van der Waals surface area contributed by atoms with E-state index >= 15 is 0 Å². The summed E-state index contributed by atoms with van der Waals surface area (Å²) in [6.07, 6.45) is 6.86. The molecule has 1 N–H and O–H groups in total. The standard InChI is InChI=1S/C7H8N2/c1-3-6(2)7-4-5-8-9-7/h1,4-6H,2H3,(H,8,9)/t6-/m1/s1. The van der Waals surface area contributed by atoms with E-state index < -0.39 is 0 Å². The van der Waals surface area contributed by atoms with Gasteiger partial charge in [0.05, 0.1) is 5.92 Å².